The van der Waals surface area contributed by atoms with E-state index >= 15 is 0 Å². The van der Waals surface area contributed by atoms with Gasteiger partial charge in [0.2, 0.25) is 0 Å². The van der Waals surface area contributed by atoms with Crippen LogP contribution in [0.25, 0.3) is 0 Å². The van der Waals surface area contributed by atoms with E-state index in [0.29, 0.717) is 6.04 Å². The molecule has 1 fully saturated rings. The largest absolute Gasteiger partial charge is 0.367 e. The van der Waals surface area contributed by atoms with Crippen LogP contribution < -0.4 is 4.80 Å². The van der Waals surface area contributed by atoms with Crippen molar-refractivity contribution in [2.24, 2.45) is 4.99 Å². The summed E-state index contributed by atoms with van der Waals surface area (Å²) in [5.74, 6) is 0.145. The number of nitrogens with zero attached hydrogens (tertiary/aromatic N) is 3. The second kappa shape index (κ2) is 9.02. The normalized spacial score (nSPS) is 17.1. The first-order chi connectivity index (χ1) is 14.1. The Morgan fingerprint density at radius 2 is 1.90 bits per heavy atom. The van der Waals surface area contributed by atoms with Gasteiger partial charge in [-0.05, 0) is 58.1 Å². The first kappa shape index (κ1) is 22.7. The van der Waals surface area contributed by atoms with Crippen molar-refractivity contribution < 1.29 is 9.66 Å². The van der Waals surface area contributed by atoms with Gasteiger partial charge in [-0.2, -0.15) is 0 Å². The second-order valence-corrected chi connectivity index (χ2v) is 10.2. The summed E-state index contributed by atoms with van der Waals surface area (Å²) in [6, 6.07) is 5.41. The van der Waals surface area contributed by atoms with Crippen molar-refractivity contribution >= 4 is 22.7 Å². The summed E-state index contributed by atoms with van der Waals surface area (Å²) in [6.07, 6.45) is 4.73. The summed E-state index contributed by atoms with van der Waals surface area (Å²) in [6.45, 7) is 12.4. The van der Waals surface area contributed by atoms with E-state index in [9.17, 15) is 10.1 Å². The molecule has 0 N–H and O–H groups in total. The molecule has 164 valence electrons. The van der Waals surface area contributed by atoms with Crippen LogP contribution in [0.5, 0.6) is 0 Å². The third kappa shape index (κ3) is 5.19. The molecule has 2 aromatic rings. The molecule has 1 aromatic carbocycles. The summed E-state index contributed by atoms with van der Waals surface area (Å²) in [5, 5.41) is 13.4. The zero-order valence-electron chi connectivity index (χ0n) is 18.8. The standard InChI is InChI=1S/C23H33N3O3S/c1-15(2)19-13-18(26(27)28)11-12-20(19)24-22-25(17-9-7-8-10-17)21(14-30-22)16(3)29-23(4,5)6/h11-17H,7-10H2,1-6H3/t16-/m1/s1. The predicted molar refractivity (Wildman–Crippen MR) is 121 cm³/mol. The van der Waals surface area contributed by atoms with Gasteiger partial charge in [-0.1, -0.05) is 26.7 Å². The summed E-state index contributed by atoms with van der Waals surface area (Å²) >= 11 is 1.63. The summed E-state index contributed by atoms with van der Waals surface area (Å²) in [5.41, 5.74) is 2.75. The number of thiazole rings is 1. The van der Waals surface area contributed by atoms with E-state index in [0.717, 1.165) is 34.6 Å². The highest BCUT2D eigenvalue weighted by Gasteiger charge is 2.26. The van der Waals surface area contributed by atoms with E-state index in [2.05, 4.69) is 37.6 Å². The van der Waals surface area contributed by atoms with E-state index < -0.39 is 0 Å². The van der Waals surface area contributed by atoms with Gasteiger partial charge < -0.3 is 9.30 Å². The fourth-order valence-corrected chi connectivity index (χ4v) is 5.20. The number of nitro benzene ring substituents is 1. The first-order valence-corrected chi connectivity index (χ1v) is 11.7. The Labute approximate surface area is 182 Å². The highest BCUT2D eigenvalue weighted by atomic mass is 32.1. The molecule has 0 unspecified atom stereocenters. The van der Waals surface area contributed by atoms with E-state index in [4.69, 9.17) is 9.73 Å². The highest BCUT2D eigenvalue weighted by molar-refractivity contribution is 7.07. The van der Waals surface area contributed by atoms with Gasteiger partial charge in [-0.25, -0.2) is 4.99 Å². The lowest BCUT2D eigenvalue weighted by Gasteiger charge is -2.27. The maximum Gasteiger partial charge on any atom is 0.269 e. The summed E-state index contributed by atoms with van der Waals surface area (Å²) < 4.78 is 8.62. The molecule has 6 nitrogen and oxygen atoms in total. The Hall–Kier alpha value is -1.99. The minimum Gasteiger partial charge on any atom is -0.367 e. The van der Waals surface area contributed by atoms with Crippen LogP contribution >= 0.6 is 11.3 Å². The minimum atomic E-state index is -0.344. The number of nitro groups is 1. The van der Waals surface area contributed by atoms with Gasteiger partial charge in [0.15, 0.2) is 4.80 Å². The SMILES string of the molecule is CC(C)c1cc([N+](=O)[O-])ccc1N=c1scc([C@@H](C)OC(C)(C)C)n1C1CCCC1. The van der Waals surface area contributed by atoms with Gasteiger partial charge in [0.25, 0.3) is 5.69 Å². The van der Waals surface area contributed by atoms with Gasteiger partial charge in [0, 0.05) is 23.6 Å². The molecule has 1 aliphatic carbocycles. The van der Waals surface area contributed by atoms with Gasteiger partial charge in [0.1, 0.15) is 0 Å². The molecule has 0 aliphatic heterocycles. The lowest BCUT2D eigenvalue weighted by atomic mass is 10.0. The number of ether oxygens (including phenoxy) is 1. The molecule has 0 saturated heterocycles. The number of aromatic nitrogens is 1. The van der Waals surface area contributed by atoms with E-state index in [1.807, 2.05) is 13.8 Å². The van der Waals surface area contributed by atoms with Crippen molar-refractivity contribution in [1.29, 1.82) is 0 Å². The van der Waals surface area contributed by atoms with Crippen LogP contribution in [0, 0.1) is 10.1 Å². The zero-order valence-corrected chi connectivity index (χ0v) is 19.7. The lowest BCUT2D eigenvalue weighted by Crippen LogP contribution is -2.26. The molecular weight excluding hydrogens is 398 g/mol. The Balaban J connectivity index is 2.12. The number of rotatable bonds is 6. The van der Waals surface area contributed by atoms with Gasteiger partial charge in [-0.15, -0.1) is 11.3 Å². The molecule has 30 heavy (non-hydrogen) atoms. The van der Waals surface area contributed by atoms with Crippen LogP contribution in [-0.2, 0) is 4.74 Å². The first-order valence-electron chi connectivity index (χ1n) is 10.8. The minimum absolute atomic E-state index is 0.0350. The van der Waals surface area contributed by atoms with Crippen LogP contribution in [0.15, 0.2) is 28.6 Å². The van der Waals surface area contributed by atoms with Crippen LogP contribution in [0.2, 0.25) is 0 Å². The molecule has 1 heterocycles. The Morgan fingerprint density at radius 1 is 1.23 bits per heavy atom. The Morgan fingerprint density at radius 3 is 2.47 bits per heavy atom. The molecule has 1 aliphatic rings. The fourth-order valence-electron chi connectivity index (χ4n) is 4.15. The third-order valence-corrected chi connectivity index (χ3v) is 6.32. The van der Waals surface area contributed by atoms with Crippen molar-refractivity contribution in [2.45, 2.75) is 90.9 Å². The number of hydrogen-bond acceptors (Lipinski definition) is 5. The molecule has 0 bridgehead atoms. The van der Waals surface area contributed by atoms with Gasteiger partial charge >= 0.3 is 0 Å². The van der Waals surface area contributed by atoms with Crippen molar-refractivity contribution in [2.75, 3.05) is 0 Å². The molecule has 7 heteroatoms. The van der Waals surface area contributed by atoms with Crippen molar-refractivity contribution in [1.82, 2.24) is 4.57 Å². The molecule has 0 radical (unpaired) electrons. The van der Waals surface area contributed by atoms with Gasteiger partial charge in [-0.3, -0.25) is 10.1 Å². The average molecular weight is 432 g/mol. The molecule has 0 amide bonds. The van der Waals surface area contributed by atoms with Crippen LogP contribution in [0.1, 0.15) is 96.5 Å². The third-order valence-electron chi connectivity index (χ3n) is 5.47. The maximum atomic E-state index is 11.2. The number of non-ortho nitro benzene ring substituents is 1. The number of benzene rings is 1. The van der Waals surface area contributed by atoms with Crippen LogP contribution in [0.3, 0.4) is 0 Å². The van der Waals surface area contributed by atoms with E-state index in [1.54, 1.807) is 29.5 Å². The molecule has 1 saturated carbocycles. The molecule has 1 atom stereocenters. The number of hydrogen-bond donors (Lipinski definition) is 0. The average Bonchev–Trinajstić information content (AvgIpc) is 3.29. The van der Waals surface area contributed by atoms with Gasteiger partial charge in [0.05, 0.1) is 28.0 Å². The van der Waals surface area contributed by atoms with E-state index in [-0.39, 0.29) is 28.2 Å². The topological polar surface area (TPSA) is 69.7 Å². The van der Waals surface area contributed by atoms with E-state index in [1.165, 1.54) is 12.8 Å². The smallest absolute Gasteiger partial charge is 0.269 e. The molecule has 0 spiro atoms. The monoisotopic (exact) mass is 431 g/mol. The Bertz CT molecular complexity index is 963. The molecule has 1 aromatic heterocycles. The zero-order chi connectivity index (χ0) is 22.1. The molecule has 3 rings (SSSR count). The predicted octanol–water partition coefficient (Wildman–Crippen LogP) is 6.80. The van der Waals surface area contributed by atoms with Crippen LogP contribution in [0.4, 0.5) is 11.4 Å². The van der Waals surface area contributed by atoms with Crippen molar-refractivity contribution in [3.05, 3.63) is 49.8 Å². The maximum absolute atomic E-state index is 11.2. The highest BCUT2D eigenvalue weighted by Crippen LogP contribution is 2.35. The lowest BCUT2D eigenvalue weighted by molar-refractivity contribution is -0.384. The Kier molecular flexibility index (Phi) is 6.82. The summed E-state index contributed by atoms with van der Waals surface area (Å²) in [7, 11) is 0. The quantitative estimate of drug-likeness (QED) is 0.373. The fraction of sp³-hybridized carbons (Fsp3) is 0.609. The summed E-state index contributed by atoms with van der Waals surface area (Å²) in [4.78, 5) is 16.8. The molecular formula is C23H33N3O3S. The second-order valence-electron chi connectivity index (χ2n) is 9.39. The van der Waals surface area contributed by atoms with Crippen molar-refractivity contribution in [3.8, 4) is 0 Å². The van der Waals surface area contributed by atoms with Crippen LogP contribution in [-0.4, -0.2) is 15.1 Å². The van der Waals surface area contributed by atoms with Crippen molar-refractivity contribution in [3.63, 3.8) is 0 Å².